The van der Waals surface area contributed by atoms with E-state index >= 15 is 0 Å². The summed E-state index contributed by atoms with van der Waals surface area (Å²) in [6.45, 7) is 4.16. The maximum atomic E-state index is 12.5. The third-order valence-electron chi connectivity index (χ3n) is 4.90. The molecule has 2 aromatic carbocycles. The van der Waals surface area contributed by atoms with E-state index in [1.807, 2.05) is 13.8 Å². The first-order chi connectivity index (χ1) is 14.6. The highest BCUT2D eigenvalue weighted by molar-refractivity contribution is 7.89. The van der Waals surface area contributed by atoms with Gasteiger partial charge in [0.2, 0.25) is 15.9 Å². The molecule has 0 radical (unpaired) electrons. The molecule has 0 atom stereocenters. The fourth-order valence-electron chi connectivity index (χ4n) is 3.23. The number of nitrogens with one attached hydrogen (secondary N) is 1. The molecule has 0 aliphatic carbocycles. The van der Waals surface area contributed by atoms with Crippen LogP contribution in [0.15, 0.2) is 47.4 Å². The van der Waals surface area contributed by atoms with Gasteiger partial charge in [0.25, 0.3) is 0 Å². The van der Waals surface area contributed by atoms with Crippen molar-refractivity contribution in [3.05, 3.63) is 75.0 Å². The van der Waals surface area contributed by atoms with E-state index in [0.717, 1.165) is 22.5 Å². The molecule has 3 aromatic rings. The summed E-state index contributed by atoms with van der Waals surface area (Å²) in [5.74, 6) is -0.130. The number of aryl methyl sites for hydroxylation is 1. The molecule has 7 nitrogen and oxygen atoms in total. The number of sulfonamides is 1. The van der Waals surface area contributed by atoms with Crippen LogP contribution in [0.25, 0.3) is 5.69 Å². The molecule has 0 unspecified atom stereocenters. The molecule has 31 heavy (non-hydrogen) atoms. The van der Waals surface area contributed by atoms with Crippen LogP contribution in [0.2, 0.25) is 10.0 Å². The Balaban J connectivity index is 1.63. The Morgan fingerprint density at radius 2 is 1.81 bits per heavy atom. The third kappa shape index (κ3) is 5.65. The lowest BCUT2D eigenvalue weighted by atomic mass is 10.1. The Kier molecular flexibility index (Phi) is 7.06. The predicted molar refractivity (Wildman–Crippen MR) is 121 cm³/mol. The van der Waals surface area contributed by atoms with Crippen molar-refractivity contribution in [2.24, 2.45) is 5.14 Å². The minimum atomic E-state index is -3.71. The van der Waals surface area contributed by atoms with E-state index in [1.165, 1.54) is 12.1 Å². The summed E-state index contributed by atoms with van der Waals surface area (Å²) in [6.07, 6.45) is 0.751. The molecule has 10 heteroatoms. The first kappa shape index (κ1) is 23.3. The van der Waals surface area contributed by atoms with Crippen LogP contribution in [0.3, 0.4) is 0 Å². The molecule has 0 bridgehead atoms. The number of rotatable bonds is 7. The van der Waals surface area contributed by atoms with Gasteiger partial charge in [-0.1, -0.05) is 35.3 Å². The van der Waals surface area contributed by atoms with E-state index in [1.54, 1.807) is 35.0 Å². The van der Waals surface area contributed by atoms with Crippen LogP contribution in [0.5, 0.6) is 0 Å². The Morgan fingerprint density at radius 3 is 2.42 bits per heavy atom. The number of aromatic nitrogens is 2. The average molecular weight is 481 g/mol. The molecule has 3 N–H and O–H groups in total. The second kappa shape index (κ2) is 9.40. The van der Waals surface area contributed by atoms with Crippen molar-refractivity contribution >= 4 is 39.1 Å². The van der Waals surface area contributed by atoms with Gasteiger partial charge >= 0.3 is 0 Å². The van der Waals surface area contributed by atoms with Gasteiger partial charge in [-0.15, -0.1) is 0 Å². The number of benzene rings is 2. The first-order valence-electron chi connectivity index (χ1n) is 9.45. The Labute approximate surface area is 191 Å². The van der Waals surface area contributed by atoms with Crippen LogP contribution in [0.4, 0.5) is 0 Å². The van der Waals surface area contributed by atoms with Gasteiger partial charge in [-0.2, -0.15) is 5.10 Å². The van der Waals surface area contributed by atoms with Crippen LogP contribution >= 0.6 is 23.2 Å². The lowest BCUT2D eigenvalue weighted by Crippen LogP contribution is -2.27. The maximum Gasteiger partial charge on any atom is 0.238 e. The van der Waals surface area contributed by atoms with Crippen molar-refractivity contribution in [3.8, 4) is 5.69 Å². The summed E-state index contributed by atoms with van der Waals surface area (Å²) in [6, 6.07) is 11.4. The number of halogens is 2. The SMILES string of the molecule is Cc1nn(-c2ccc(Cl)cc2Cl)c(C)c1CC(=O)NCCc1ccc(S(N)(=O)=O)cc1. The van der Waals surface area contributed by atoms with E-state index in [0.29, 0.717) is 28.7 Å². The quantitative estimate of drug-likeness (QED) is 0.540. The van der Waals surface area contributed by atoms with E-state index < -0.39 is 10.0 Å². The van der Waals surface area contributed by atoms with E-state index in [9.17, 15) is 13.2 Å². The number of hydrogen-bond donors (Lipinski definition) is 2. The number of primary sulfonamides is 1. The molecular formula is C21H22Cl2N4O3S. The summed E-state index contributed by atoms with van der Waals surface area (Å²) in [4.78, 5) is 12.5. The molecule has 0 fully saturated rings. The summed E-state index contributed by atoms with van der Waals surface area (Å²) in [5, 5.41) is 13.5. The number of carbonyl (C=O) groups is 1. The van der Waals surface area contributed by atoms with Gasteiger partial charge < -0.3 is 5.32 Å². The number of nitrogens with two attached hydrogens (primary N) is 1. The third-order valence-corrected chi connectivity index (χ3v) is 6.37. The number of hydrogen-bond acceptors (Lipinski definition) is 4. The Bertz CT molecular complexity index is 1220. The fraction of sp³-hybridized carbons (Fsp3) is 0.238. The molecule has 1 aromatic heterocycles. The molecule has 0 spiro atoms. The molecule has 1 heterocycles. The molecule has 1 amide bonds. The minimum Gasteiger partial charge on any atom is -0.355 e. The summed E-state index contributed by atoms with van der Waals surface area (Å²) < 4.78 is 24.3. The van der Waals surface area contributed by atoms with Crippen LogP contribution in [0.1, 0.15) is 22.5 Å². The zero-order valence-corrected chi connectivity index (χ0v) is 19.4. The number of carbonyl (C=O) groups excluding carboxylic acids is 1. The van der Waals surface area contributed by atoms with Crippen LogP contribution < -0.4 is 10.5 Å². The van der Waals surface area contributed by atoms with E-state index in [2.05, 4.69) is 10.4 Å². The Hall–Kier alpha value is -2.39. The minimum absolute atomic E-state index is 0.0593. The first-order valence-corrected chi connectivity index (χ1v) is 11.8. The number of amides is 1. The van der Waals surface area contributed by atoms with Gasteiger partial charge in [-0.25, -0.2) is 18.2 Å². The van der Waals surface area contributed by atoms with Gasteiger partial charge in [-0.3, -0.25) is 4.79 Å². The van der Waals surface area contributed by atoms with Crippen molar-refractivity contribution in [2.45, 2.75) is 31.6 Å². The van der Waals surface area contributed by atoms with Crippen LogP contribution in [0, 0.1) is 13.8 Å². The highest BCUT2D eigenvalue weighted by atomic mass is 35.5. The fourth-order valence-corrected chi connectivity index (χ4v) is 4.24. The summed E-state index contributed by atoms with van der Waals surface area (Å²) >= 11 is 12.3. The lowest BCUT2D eigenvalue weighted by Gasteiger charge is -2.09. The predicted octanol–water partition coefficient (Wildman–Crippen LogP) is 3.34. The van der Waals surface area contributed by atoms with Gasteiger partial charge in [0.05, 0.1) is 27.7 Å². The summed E-state index contributed by atoms with van der Waals surface area (Å²) in [7, 11) is -3.71. The molecular weight excluding hydrogens is 459 g/mol. The molecule has 0 aliphatic heterocycles. The van der Waals surface area contributed by atoms with Crippen LogP contribution in [-0.4, -0.2) is 30.7 Å². The zero-order valence-electron chi connectivity index (χ0n) is 17.0. The van der Waals surface area contributed by atoms with Crippen LogP contribution in [-0.2, 0) is 27.7 Å². The molecule has 0 aliphatic rings. The lowest BCUT2D eigenvalue weighted by molar-refractivity contribution is -0.120. The standard InChI is InChI=1S/C21H22Cl2N4O3S/c1-13-18(14(2)27(26-13)20-8-5-16(22)11-19(20)23)12-21(28)25-10-9-15-3-6-17(7-4-15)31(24,29)30/h3-8,11H,9-10,12H2,1-2H3,(H,25,28)(H2,24,29,30). The second-order valence-electron chi connectivity index (χ2n) is 7.12. The van der Waals surface area contributed by atoms with Gasteiger partial charge in [0.15, 0.2) is 0 Å². The van der Waals surface area contributed by atoms with Gasteiger partial charge in [0, 0.05) is 22.8 Å². The Morgan fingerprint density at radius 1 is 1.13 bits per heavy atom. The second-order valence-corrected chi connectivity index (χ2v) is 9.53. The largest absolute Gasteiger partial charge is 0.355 e. The topological polar surface area (TPSA) is 107 Å². The average Bonchev–Trinajstić information content (AvgIpc) is 2.96. The molecule has 0 saturated carbocycles. The van der Waals surface area contributed by atoms with Crippen molar-refractivity contribution in [2.75, 3.05) is 6.54 Å². The molecule has 0 saturated heterocycles. The van der Waals surface area contributed by atoms with Crippen molar-refractivity contribution < 1.29 is 13.2 Å². The van der Waals surface area contributed by atoms with Gasteiger partial charge in [-0.05, 0) is 56.2 Å². The van der Waals surface area contributed by atoms with E-state index in [4.69, 9.17) is 28.3 Å². The van der Waals surface area contributed by atoms with Crippen molar-refractivity contribution in [3.63, 3.8) is 0 Å². The van der Waals surface area contributed by atoms with Crippen molar-refractivity contribution in [1.29, 1.82) is 0 Å². The zero-order chi connectivity index (χ0) is 22.8. The summed E-state index contributed by atoms with van der Waals surface area (Å²) in [5.41, 5.74) is 4.00. The molecule has 3 rings (SSSR count). The maximum absolute atomic E-state index is 12.5. The smallest absolute Gasteiger partial charge is 0.238 e. The van der Waals surface area contributed by atoms with Crippen molar-refractivity contribution in [1.82, 2.24) is 15.1 Å². The van der Waals surface area contributed by atoms with E-state index in [-0.39, 0.29) is 17.2 Å². The molecule has 164 valence electrons. The number of nitrogens with zero attached hydrogens (tertiary/aromatic N) is 2. The normalized spacial score (nSPS) is 11.5. The van der Waals surface area contributed by atoms with Gasteiger partial charge in [0.1, 0.15) is 0 Å². The monoisotopic (exact) mass is 480 g/mol. The highest BCUT2D eigenvalue weighted by Gasteiger charge is 2.17. The highest BCUT2D eigenvalue weighted by Crippen LogP contribution is 2.27.